The van der Waals surface area contributed by atoms with Crippen LogP contribution in [0.15, 0.2) is 29.5 Å². The lowest BCUT2D eigenvalue weighted by Crippen LogP contribution is -2.47. The number of hydrogen-bond donors (Lipinski definition) is 3. The number of halogens is 1. The number of aliphatic imine (C=N–C) groups is 1. The van der Waals surface area contributed by atoms with Gasteiger partial charge in [0, 0.05) is 53.3 Å². The van der Waals surface area contributed by atoms with Crippen LogP contribution in [0.4, 0.5) is 0 Å². The molecule has 1 aliphatic rings. The molecule has 0 saturated heterocycles. The van der Waals surface area contributed by atoms with E-state index in [0.29, 0.717) is 24.7 Å². The molecule has 0 aromatic carbocycles. The van der Waals surface area contributed by atoms with Crippen LogP contribution < -0.4 is 16.0 Å². The minimum atomic E-state index is -0.736. The zero-order valence-electron chi connectivity index (χ0n) is 16.6. The normalized spacial score (nSPS) is 20.6. The molecule has 2 rings (SSSR count). The molecule has 28 heavy (non-hydrogen) atoms. The smallest absolute Gasteiger partial charge is 0.252 e. The van der Waals surface area contributed by atoms with Gasteiger partial charge < -0.3 is 16.0 Å². The van der Waals surface area contributed by atoms with Crippen LogP contribution in [0.1, 0.15) is 49.9 Å². The summed E-state index contributed by atoms with van der Waals surface area (Å²) in [6.07, 6.45) is 7.31. The van der Waals surface area contributed by atoms with Crippen molar-refractivity contribution in [1.82, 2.24) is 20.9 Å². The van der Waals surface area contributed by atoms with Crippen LogP contribution in [0.25, 0.3) is 0 Å². The summed E-state index contributed by atoms with van der Waals surface area (Å²) in [5.41, 5.74) is 0.545. The van der Waals surface area contributed by atoms with Crippen molar-refractivity contribution in [2.24, 2.45) is 4.99 Å². The molecule has 3 atom stereocenters. The largest absolute Gasteiger partial charge is 0.357 e. The van der Waals surface area contributed by atoms with Crippen LogP contribution in [0.3, 0.4) is 0 Å². The highest BCUT2D eigenvalue weighted by Gasteiger charge is 2.25. The van der Waals surface area contributed by atoms with Crippen LogP contribution in [0.2, 0.25) is 0 Å². The number of guanidine groups is 1. The standard InChI is InChI=1S/C19H31N5O2S.HI/c1-3-21-19(24-16-8-5-9-17(13-16)27(26)4-2)23-12-11-22-18(25)15-7-6-10-20-14-15;/h6-7,10,14,16-17H,3-5,8-9,11-13H2,1-2H3,(H,22,25)(H2,21,23,24);1H. The van der Waals surface area contributed by atoms with Gasteiger partial charge in [0.25, 0.3) is 5.91 Å². The topological polar surface area (TPSA) is 95.5 Å². The minimum Gasteiger partial charge on any atom is -0.357 e. The Bertz CT molecular complexity index is 644. The fraction of sp³-hybridized carbons (Fsp3) is 0.632. The van der Waals surface area contributed by atoms with E-state index in [1.165, 1.54) is 0 Å². The minimum absolute atomic E-state index is 0. The van der Waals surface area contributed by atoms with Gasteiger partial charge in [-0.15, -0.1) is 24.0 Å². The van der Waals surface area contributed by atoms with Gasteiger partial charge in [-0.05, 0) is 38.3 Å². The molecule has 1 heterocycles. The lowest BCUT2D eigenvalue weighted by atomic mass is 9.95. The second kappa shape index (κ2) is 13.9. The molecule has 0 spiro atoms. The van der Waals surface area contributed by atoms with E-state index in [9.17, 15) is 9.00 Å². The molecule has 1 aromatic heterocycles. The molecule has 1 aromatic rings. The van der Waals surface area contributed by atoms with Crippen LogP contribution in [0.5, 0.6) is 0 Å². The molecule has 158 valence electrons. The van der Waals surface area contributed by atoms with Crippen molar-refractivity contribution in [3.05, 3.63) is 30.1 Å². The highest BCUT2D eigenvalue weighted by Crippen LogP contribution is 2.22. The molecule has 3 N–H and O–H groups in total. The zero-order valence-corrected chi connectivity index (χ0v) is 19.8. The van der Waals surface area contributed by atoms with E-state index in [1.54, 1.807) is 24.5 Å². The monoisotopic (exact) mass is 521 g/mol. The van der Waals surface area contributed by atoms with E-state index in [4.69, 9.17) is 0 Å². The number of pyridine rings is 1. The summed E-state index contributed by atoms with van der Waals surface area (Å²) in [6.45, 7) is 5.72. The van der Waals surface area contributed by atoms with Crippen molar-refractivity contribution in [1.29, 1.82) is 0 Å². The first-order chi connectivity index (χ1) is 13.1. The second-order valence-electron chi connectivity index (χ2n) is 6.56. The Labute approximate surface area is 187 Å². The van der Waals surface area contributed by atoms with Crippen LogP contribution in [-0.4, -0.2) is 57.7 Å². The molecule has 0 radical (unpaired) electrons. The first kappa shape index (κ1) is 24.8. The van der Waals surface area contributed by atoms with Gasteiger partial charge in [-0.25, -0.2) is 0 Å². The molecular weight excluding hydrogens is 489 g/mol. The average Bonchev–Trinajstić information content (AvgIpc) is 2.71. The first-order valence-corrected chi connectivity index (χ1v) is 11.1. The predicted molar refractivity (Wildman–Crippen MR) is 126 cm³/mol. The van der Waals surface area contributed by atoms with Gasteiger partial charge in [0.15, 0.2) is 5.96 Å². The third-order valence-electron chi connectivity index (χ3n) is 4.56. The summed E-state index contributed by atoms with van der Waals surface area (Å²) in [6, 6.07) is 3.77. The van der Waals surface area contributed by atoms with Crippen molar-refractivity contribution in [2.45, 2.75) is 50.8 Å². The Morgan fingerprint density at radius 2 is 2.14 bits per heavy atom. The fourth-order valence-corrected chi connectivity index (χ4v) is 4.55. The molecule has 1 amide bonds. The maximum absolute atomic E-state index is 12.1. The third-order valence-corrected chi connectivity index (χ3v) is 6.30. The number of nitrogens with one attached hydrogen (secondary N) is 3. The first-order valence-electron chi connectivity index (χ1n) is 9.74. The molecule has 3 unspecified atom stereocenters. The third kappa shape index (κ3) is 8.42. The van der Waals surface area contributed by atoms with E-state index in [1.807, 2.05) is 13.8 Å². The molecule has 7 nitrogen and oxygen atoms in total. The molecule has 0 bridgehead atoms. The average molecular weight is 521 g/mol. The van der Waals surface area contributed by atoms with Gasteiger partial charge in [0.1, 0.15) is 0 Å². The summed E-state index contributed by atoms with van der Waals surface area (Å²) in [7, 11) is -0.736. The van der Waals surface area contributed by atoms with Gasteiger partial charge in [-0.3, -0.25) is 19.0 Å². The van der Waals surface area contributed by atoms with Gasteiger partial charge in [0.2, 0.25) is 0 Å². The van der Waals surface area contributed by atoms with Crippen LogP contribution in [0, 0.1) is 0 Å². The van der Waals surface area contributed by atoms with Crippen LogP contribution in [-0.2, 0) is 10.8 Å². The Kier molecular flexibility index (Phi) is 12.3. The Morgan fingerprint density at radius 1 is 1.32 bits per heavy atom. The van der Waals surface area contributed by atoms with E-state index >= 15 is 0 Å². The van der Waals surface area contributed by atoms with Crippen molar-refractivity contribution >= 4 is 46.6 Å². The molecule has 1 aliphatic carbocycles. The number of carbonyl (C=O) groups is 1. The molecule has 1 fully saturated rings. The number of amides is 1. The van der Waals surface area contributed by atoms with E-state index < -0.39 is 10.8 Å². The van der Waals surface area contributed by atoms with E-state index in [-0.39, 0.29) is 35.1 Å². The predicted octanol–water partition coefficient (Wildman–Crippen LogP) is 2.06. The summed E-state index contributed by atoms with van der Waals surface area (Å²) in [4.78, 5) is 20.5. The molecule has 1 saturated carbocycles. The molecular formula is C19H32IN5O2S. The second-order valence-corrected chi connectivity index (χ2v) is 8.56. The molecule has 9 heteroatoms. The van der Waals surface area contributed by atoms with Gasteiger partial charge in [-0.2, -0.15) is 0 Å². The number of hydrogen-bond acceptors (Lipinski definition) is 4. The summed E-state index contributed by atoms with van der Waals surface area (Å²) >= 11 is 0. The SMILES string of the molecule is CCNC(=NCCNC(=O)c1cccnc1)NC1CCCC(S(=O)CC)C1.I. The maximum atomic E-state index is 12.1. The van der Waals surface area contributed by atoms with Crippen molar-refractivity contribution in [3.63, 3.8) is 0 Å². The van der Waals surface area contributed by atoms with Crippen molar-refractivity contribution in [3.8, 4) is 0 Å². The quantitative estimate of drug-likeness (QED) is 0.211. The number of carbonyl (C=O) groups excluding carboxylic acids is 1. The Balaban J connectivity index is 0.00000392. The Morgan fingerprint density at radius 3 is 2.82 bits per heavy atom. The van der Waals surface area contributed by atoms with E-state index in [0.717, 1.165) is 43.9 Å². The van der Waals surface area contributed by atoms with Crippen molar-refractivity contribution in [2.75, 3.05) is 25.4 Å². The summed E-state index contributed by atoms with van der Waals surface area (Å²) in [5.74, 6) is 1.33. The van der Waals surface area contributed by atoms with Gasteiger partial charge >= 0.3 is 0 Å². The van der Waals surface area contributed by atoms with Crippen LogP contribution >= 0.6 is 24.0 Å². The molecule has 0 aliphatic heterocycles. The van der Waals surface area contributed by atoms with Gasteiger partial charge in [0.05, 0.1) is 12.1 Å². The Hall–Kier alpha value is -1.23. The van der Waals surface area contributed by atoms with Gasteiger partial charge in [-0.1, -0.05) is 13.3 Å². The number of aromatic nitrogens is 1. The lowest BCUT2D eigenvalue weighted by molar-refractivity contribution is 0.0954. The highest BCUT2D eigenvalue weighted by atomic mass is 127. The lowest BCUT2D eigenvalue weighted by Gasteiger charge is -2.30. The number of nitrogens with zero attached hydrogens (tertiary/aromatic N) is 2. The maximum Gasteiger partial charge on any atom is 0.252 e. The summed E-state index contributed by atoms with van der Waals surface area (Å²) < 4.78 is 12.1. The zero-order chi connectivity index (χ0) is 19.5. The van der Waals surface area contributed by atoms with Crippen molar-refractivity contribution < 1.29 is 9.00 Å². The summed E-state index contributed by atoms with van der Waals surface area (Å²) in [5, 5.41) is 9.84. The van der Waals surface area contributed by atoms with E-state index in [2.05, 4.69) is 25.9 Å². The number of rotatable bonds is 8. The fourth-order valence-electron chi connectivity index (χ4n) is 3.20. The highest BCUT2D eigenvalue weighted by molar-refractivity contribution is 14.0.